The van der Waals surface area contributed by atoms with Crippen LogP contribution >= 0.6 is 24.8 Å². The second-order valence-electron chi connectivity index (χ2n) is 5.42. The van der Waals surface area contributed by atoms with Crippen molar-refractivity contribution >= 4 is 24.8 Å². The average Bonchev–Trinajstić information content (AvgIpc) is 2.57. The van der Waals surface area contributed by atoms with Gasteiger partial charge in [0.05, 0.1) is 13.7 Å². The van der Waals surface area contributed by atoms with Crippen LogP contribution in [0.5, 0.6) is 11.5 Å². The molecule has 146 valence electrons. The van der Waals surface area contributed by atoms with Crippen molar-refractivity contribution in [2.75, 3.05) is 39.9 Å². The van der Waals surface area contributed by atoms with Crippen LogP contribution in [0.2, 0.25) is 0 Å². The molecule has 0 saturated heterocycles. The number of likely N-dealkylation sites (N-methyl/N-ethyl adjacent to an activating group) is 1. The van der Waals surface area contributed by atoms with Crippen LogP contribution in [0.3, 0.4) is 0 Å². The Morgan fingerprint density at radius 3 is 2.36 bits per heavy atom. The Balaban J connectivity index is 0. The molecule has 0 radical (unpaired) electrons. The lowest BCUT2D eigenvalue weighted by molar-refractivity contribution is 0.301. The number of nitrogens with zero attached hydrogens (tertiary/aromatic N) is 1. The summed E-state index contributed by atoms with van der Waals surface area (Å²) >= 11 is 0. The number of halogens is 2. The van der Waals surface area contributed by atoms with Gasteiger partial charge >= 0.3 is 0 Å². The minimum atomic E-state index is 0. The van der Waals surface area contributed by atoms with Crippen molar-refractivity contribution in [1.82, 2.24) is 10.2 Å². The first-order valence-electron chi connectivity index (χ1n) is 8.56. The summed E-state index contributed by atoms with van der Waals surface area (Å²) in [5.41, 5.74) is 2.34. The Morgan fingerprint density at radius 1 is 1.16 bits per heavy atom. The van der Waals surface area contributed by atoms with E-state index in [-0.39, 0.29) is 24.8 Å². The van der Waals surface area contributed by atoms with Crippen molar-refractivity contribution in [3.63, 3.8) is 0 Å². The van der Waals surface area contributed by atoms with Crippen molar-refractivity contribution < 1.29 is 9.47 Å². The van der Waals surface area contributed by atoms with E-state index in [0.29, 0.717) is 6.61 Å². The summed E-state index contributed by atoms with van der Waals surface area (Å²) in [5.74, 6) is 1.63. The first-order valence-corrected chi connectivity index (χ1v) is 8.56. The van der Waals surface area contributed by atoms with Crippen LogP contribution in [-0.2, 0) is 13.0 Å². The minimum Gasteiger partial charge on any atom is -0.493 e. The quantitative estimate of drug-likeness (QED) is 0.428. The lowest BCUT2D eigenvalue weighted by Gasteiger charge is -2.19. The molecule has 0 aliphatic heterocycles. The Kier molecular flexibility index (Phi) is 16.1. The van der Waals surface area contributed by atoms with Crippen molar-refractivity contribution in [3.8, 4) is 11.5 Å². The van der Waals surface area contributed by atoms with Crippen LogP contribution in [-0.4, -0.2) is 44.8 Å². The lowest BCUT2D eigenvalue weighted by atomic mass is 10.1. The van der Waals surface area contributed by atoms with Gasteiger partial charge in [-0.15, -0.1) is 31.4 Å². The van der Waals surface area contributed by atoms with Crippen molar-refractivity contribution in [2.45, 2.75) is 33.7 Å². The summed E-state index contributed by atoms with van der Waals surface area (Å²) in [6.45, 7) is 15.9. The number of hydrogen-bond donors (Lipinski definition) is 1. The molecule has 0 aliphatic rings. The Morgan fingerprint density at radius 2 is 1.84 bits per heavy atom. The van der Waals surface area contributed by atoms with Gasteiger partial charge in [-0.1, -0.05) is 26.0 Å². The maximum absolute atomic E-state index is 5.75. The summed E-state index contributed by atoms with van der Waals surface area (Å²) in [5, 5.41) is 3.51. The van der Waals surface area contributed by atoms with E-state index in [1.165, 1.54) is 5.56 Å². The predicted octanol–water partition coefficient (Wildman–Crippen LogP) is 4.10. The van der Waals surface area contributed by atoms with Crippen LogP contribution < -0.4 is 14.8 Å². The van der Waals surface area contributed by atoms with Gasteiger partial charge in [-0.3, -0.25) is 0 Å². The molecule has 6 heteroatoms. The first-order chi connectivity index (χ1) is 11.2. The minimum absolute atomic E-state index is 0. The molecule has 0 spiro atoms. The van der Waals surface area contributed by atoms with E-state index < -0.39 is 0 Å². The van der Waals surface area contributed by atoms with E-state index in [1.807, 2.05) is 13.0 Å². The van der Waals surface area contributed by atoms with Gasteiger partial charge < -0.3 is 19.7 Å². The summed E-state index contributed by atoms with van der Waals surface area (Å²) in [4.78, 5) is 2.41. The lowest BCUT2D eigenvalue weighted by Crippen LogP contribution is -2.31. The summed E-state index contributed by atoms with van der Waals surface area (Å²) in [7, 11) is 1.69. The molecule has 1 aromatic carbocycles. The molecule has 0 atom stereocenters. The number of nitrogens with one attached hydrogen (secondary N) is 1. The van der Waals surface area contributed by atoms with Crippen molar-refractivity contribution in [1.29, 1.82) is 0 Å². The number of hydrogen-bond acceptors (Lipinski definition) is 4. The molecule has 0 amide bonds. The largest absolute Gasteiger partial charge is 0.493 e. The Labute approximate surface area is 165 Å². The SMILES string of the molecule is C=CCc1cc(CNCCN(CC)CC)cc(OC)c1OCC.Cl.Cl. The van der Waals surface area contributed by atoms with E-state index in [9.17, 15) is 0 Å². The number of ether oxygens (including phenoxy) is 2. The van der Waals surface area contributed by atoms with Gasteiger partial charge in [-0.05, 0) is 38.1 Å². The second kappa shape index (κ2) is 15.3. The van der Waals surface area contributed by atoms with E-state index in [2.05, 4.69) is 42.8 Å². The standard InChI is InChI=1S/C19H32N2O2.2ClH/c1-6-10-17-13-16(14-18(22-5)19(17)23-9-4)15-20-11-12-21(7-2)8-3;;/h6,13-14,20H,1,7-12,15H2,2-5H3;2*1H. The normalized spacial score (nSPS) is 9.96. The van der Waals surface area contributed by atoms with Gasteiger partial charge in [0.15, 0.2) is 11.5 Å². The first kappa shape index (κ1) is 26.3. The highest BCUT2D eigenvalue weighted by atomic mass is 35.5. The highest BCUT2D eigenvalue weighted by molar-refractivity contribution is 5.85. The van der Waals surface area contributed by atoms with E-state index in [4.69, 9.17) is 9.47 Å². The highest BCUT2D eigenvalue weighted by Gasteiger charge is 2.12. The number of benzene rings is 1. The fraction of sp³-hybridized carbons (Fsp3) is 0.579. The van der Waals surface area contributed by atoms with Crippen LogP contribution in [0.15, 0.2) is 24.8 Å². The van der Waals surface area contributed by atoms with Crippen molar-refractivity contribution in [2.24, 2.45) is 0 Å². The maximum Gasteiger partial charge on any atom is 0.164 e. The van der Waals surface area contributed by atoms with Gasteiger partial charge in [-0.25, -0.2) is 0 Å². The predicted molar refractivity (Wildman–Crippen MR) is 112 cm³/mol. The average molecular weight is 393 g/mol. The molecule has 4 nitrogen and oxygen atoms in total. The fourth-order valence-electron chi connectivity index (χ4n) is 2.60. The zero-order valence-electron chi connectivity index (χ0n) is 16.0. The molecular weight excluding hydrogens is 359 g/mol. The summed E-state index contributed by atoms with van der Waals surface area (Å²) < 4.78 is 11.3. The van der Waals surface area contributed by atoms with Crippen LogP contribution in [0.4, 0.5) is 0 Å². The molecule has 0 bridgehead atoms. The topological polar surface area (TPSA) is 33.7 Å². The summed E-state index contributed by atoms with van der Waals surface area (Å²) in [6, 6.07) is 4.24. The number of allylic oxidation sites excluding steroid dienone is 1. The van der Waals surface area contributed by atoms with Gasteiger partial charge in [-0.2, -0.15) is 0 Å². The van der Waals surface area contributed by atoms with E-state index in [1.54, 1.807) is 7.11 Å². The van der Waals surface area contributed by atoms with Crippen LogP contribution in [0.1, 0.15) is 31.9 Å². The Bertz CT molecular complexity index is 481. The molecule has 0 aromatic heterocycles. The molecule has 1 N–H and O–H groups in total. The molecule has 25 heavy (non-hydrogen) atoms. The van der Waals surface area contributed by atoms with Gasteiger partial charge in [0.2, 0.25) is 0 Å². The van der Waals surface area contributed by atoms with E-state index >= 15 is 0 Å². The fourth-order valence-corrected chi connectivity index (χ4v) is 2.60. The highest BCUT2D eigenvalue weighted by Crippen LogP contribution is 2.33. The number of methoxy groups -OCH3 is 1. The zero-order chi connectivity index (χ0) is 17.1. The van der Waals surface area contributed by atoms with E-state index in [0.717, 1.165) is 56.2 Å². The van der Waals surface area contributed by atoms with Crippen LogP contribution in [0, 0.1) is 0 Å². The molecule has 0 fully saturated rings. The summed E-state index contributed by atoms with van der Waals surface area (Å²) in [6.07, 6.45) is 2.67. The molecule has 0 heterocycles. The van der Waals surface area contributed by atoms with Crippen LogP contribution in [0.25, 0.3) is 0 Å². The third-order valence-electron chi connectivity index (χ3n) is 3.89. The maximum atomic E-state index is 5.75. The monoisotopic (exact) mass is 392 g/mol. The molecule has 0 unspecified atom stereocenters. The molecule has 1 aromatic rings. The smallest absolute Gasteiger partial charge is 0.164 e. The number of rotatable bonds is 12. The van der Waals surface area contributed by atoms with Crippen molar-refractivity contribution in [3.05, 3.63) is 35.9 Å². The van der Waals surface area contributed by atoms with Gasteiger partial charge in [0.1, 0.15) is 0 Å². The molecular formula is C19H34Cl2N2O2. The molecule has 1 rings (SSSR count). The molecule has 0 aliphatic carbocycles. The van der Waals surface area contributed by atoms with Gasteiger partial charge in [0, 0.05) is 25.2 Å². The third-order valence-corrected chi connectivity index (χ3v) is 3.89. The Hall–Kier alpha value is -0.940. The zero-order valence-corrected chi connectivity index (χ0v) is 17.6. The second-order valence-corrected chi connectivity index (χ2v) is 5.42. The molecule has 0 saturated carbocycles. The van der Waals surface area contributed by atoms with Gasteiger partial charge in [0.25, 0.3) is 0 Å². The third kappa shape index (κ3) is 8.82.